The lowest BCUT2D eigenvalue weighted by atomic mass is 10.2. The monoisotopic (exact) mass is 486 g/mol. The number of sulfonamides is 1. The van der Waals surface area contributed by atoms with E-state index in [1.165, 1.54) is 24.3 Å². The SMILES string of the molecule is O=C(COC(=O)c1ccccc1NS(=O)(=O)c1ccc(F)cc1)Nc1ccc2c(c1)OCCO2. The van der Waals surface area contributed by atoms with Crippen molar-refractivity contribution < 1.29 is 36.6 Å². The summed E-state index contributed by atoms with van der Waals surface area (Å²) < 4.78 is 56.5. The molecule has 3 aromatic carbocycles. The molecule has 0 fully saturated rings. The number of ether oxygens (including phenoxy) is 3. The van der Waals surface area contributed by atoms with E-state index in [1.54, 1.807) is 18.2 Å². The molecule has 0 aromatic heterocycles. The second-order valence-electron chi connectivity index (χ2n) is 7.09. The quantitative estimate of drug-likeness (QED) is 0.492. The molecule has 0 saturated heterocycles. The zero-order valence-electron chi connectivity index (χ0n) is 17.6. The summed E-state index contributed by atoms with van der Waals surface area (Å²) in [5.41, 5.74) is 0.280. The first-order chi connectivity index (χ1) is 16.3. The summed E-state index contributed by atoms with van der Waals surface area (Å²) in [6.07, 6.45) is 0. The van der Waals surface area contributed by atoms with Gasteiger partial charge in [-0.25, -0.2) is 17.6 Å². The molecule has 0 bridgehead atoms. The normalized spacial score (nSPS) is 12.5. The molecule has 176 valence electrons. The molecule has 2 N–H and O–H groups in total. The number of amides is 1. The van der Waals surface area contributed by atoms with Crippen LogP contribution in [-0.4, -0.2) is 40.1 Å². The van der Waals surface area contributed by atoms with Gasteiger partial charge in [0.25, 0.3) is 15.9 Å². The standard InChI is InChI=1S/C23H19FN2O7S/c24-15-5-8-17(9-6-15)34(29,30)26-19-4-2-1-3-18(19)23(28)33-14-22(27)25-16-7-10-20-21(13-16)32-12-11-31-20/h1-10,13,26H,11-12,14H2,(H,25,27). The van der Waals surface area contributed by atoms with E-state index >= 15 is 0 Å². The molecule has 34 heavy (non-hydrogen) atoms. The van der Waals surface area contributed by atoms with Crippen molar-refractivity contribution in [1.82, 2.24) is 0 Å². The van der Waals surface area contributed by atoms with E-state index in [4.69, 9.17) is 14.2 Å². The van der Waals surface area contributed by atoms with E-state index in [9.17, 15) is 22.4 Å². The number of fused-ring (bicyclic) bond motifs is 1. The molecular weight excluding hydrogens is 467 g/mol. The van der Waals surface area contributed by atoms with Crippen molar-refractivity contribution in [2.45, 2.75) is 4.90 Å². The summed E-state index contributed by atoms with van der Waals surface area (Å²) in [6.45, 7) is 0.231. The number of benzene rings is 3. The molecule has 0 spiro atoms. The van der Waals surface area contributed by atoms with Gasteiger partial charge in [0.1, 0.15) is 19.0 Å². The van der Waals surface area contributed by atoms with Gasteiger partial charge in [-0.15, -0.1) is 0 Å². The minimum absolute atomic E-state index is 0.0518. The maximum atomic E-state index is 13.1. The molecule has 0 unspecified atom stereocenters. The summed E-state index contributed by atoms with van der Waals surface area (Å²) in [7, 11) is -4.09. The lowest BCUT2D eigenvalue weighted by Crippen LogP contribution is -2.22. The number of para-hydroxylation sites is 1. The summed E-state index contributed by atoms with van der Waals surface area (Å²) in [4.78, 5) is 24.6. The maximum absolute atomic E-state index is 13.1. The van der Waals surface area contributed by atoms with Crippen molar-refractivity contribution in [3.63, 3.8) is 0 Å². The van der Waals surface area contributed by atoms with Crippen molar-refractivity contribution in [3.8, 4) is 11.5 Å². The Hall–Kier alpha value is -4.12. The molecule has 1 amide bonds. The van der Waals surface area contributed by atoms with E-state index < -0.39 is 34.3 Å². The highest BCUT2D eigenvalue weighted by Crippen LogP contribution is 2.32. The van der Waals surface area contributed by atoms with Crippen LogP contribution in [0.5, 0.6) is 11.5 Å². The molecule has 4 rings (SSSR count). The van der Waals surface area contributed by atoms with E-state index in [1.807, 2.05) is 0 Å². The number of rotatable bonds is 7. The molecule has 1 aliphatic heterocycles. The van der Waals surface area contributed by atoms with Gasteiger partial charge in [0.15, 0.2) is 18.1 Å². The summed E-state index contributed by atoms with van der Waals surface area (Å²) in [6, 6.07) is 14.8. The molecule has 0 saturated carbocycles. The van der Waals surface area contributed by atoms with E-state index in [0.717, 1.165) is 24.3 Å². The molecule has 0 radical (unpaired) electrons. The fraction of sp³-hybridized carbons (Fsp3) is 0.130. The number of carbonyl (C=O) groups is 2. The Bertz CT molecular complexity index is 1330. The third-order valence-electron chi connectivity index (χ3n) is 4.68. The van der Waals surface area contributed by atoms with Crippen LogP contribution in [0.2, 0.25) is 0 Å². The highest BCUT2D eigenvalue weighted by Gasteiger charge is 2.20. The topological polar surface area (TPSA) is 120 Å². The van der Waals surface area contributed by atoms with E-state index in [-0.39, 0.29) is 16.1 Å². The van der Waals surface area contributed by atoms with Gasteiger partial charge in [-0.2, -0.15) is 0 Å². The van der Waals surface area contributed by atoms with Crippen LogP contribution in [0, 0.1) is 5.82 Å². The van der Waals surface area contributed by atoms with Gasteiger partial charge in [-0.3, -0.25) is 9.52 Å². The van der Waals surface area contributed by atoms with Crippen molar-refractivity contribution in [2.24, 2.45) is 0 Å². The van der Waals surface area contributed by atoms with Crippen molar-refractivity contribution in [2.75, 3.05) is 29.9 Å². The van der Waals surface area contributed by atoms with Crippen LogP contribution in [0.1, 0.15) is 10.4 Å². The second-order valence-corrected chi connectivity index (χ2v) is 8.77. The van der Waals surface area contributed by atoms with Gasteiger partial charge in [-0.05, 0) is 48.5 Å². The van der Waals surface area contributed by atoms with Crippen LogP contribution in [0.15, 0.2) is 71.6 Å². The van der Waals surface area contributed by atoms with Crippen LogP contribution in [0.4, 0.5) is 15.8 Å². The first-order valence-corrected chi connectivity index (χ1v) is 11.5. The third kappa shape index (κ3) is 5.44. The van der Waals surface area contributed by atoms with Crippen molar-refractivity contribution in [1.29, 1.82) is 0 Å². The Morgan fingerprint density at radius 2 is 1.65 bits per heavy atom. The lowest BCUT2D eigenvalue weighted by Gasteiger charge is -2.19. The third-order valence-corrected chi connectivity index (χ3v) is 6.06. The molecule has 1 aliphatic rings. The molecule has 9 nitrogen and oxygen atoms in total. The Morgan fingerprint density at radius 1 is 0.941 bits per heavy atom. The van der Waals surface area contributed by atoms with Crippen molar-refractivity contribution >= 4 is 33.3 Å². The number of anilines is 2. The molecule has 3 aromatic rings. The fourth-order valence-electron chi connectivity index (χ4n) is 3.09. The molecular formula is C23H19FN2O7S. The average molecular weight is 486 g/mol. The largest absolute Gasteiger partial charge is 0.486 e. The van der Waals surface area contributed by atoms with E-state index in [2.05, 4.69) is 10.0 Å². The summed E-state index contributed by atoms with van der Waals surface area (Å²) in [5, 5.41) is 2.58. The first-order valence-electron chi connectivity index (χ1n) is 10.1. The highest BCUT2D eigenvalue weighted by molar-refractivity contribution is 7.92. The summed E-state index contributed by atoms with van der Waals surface area (Å²) >= 11 is 0. The maximum Gasteiger partial charge on any atom is 0.340 e. The van der Waals surface area contributed by atoms with Gasteiger partial charge in [0.05, 0.1) is 16.1 Å². The summed E-state index contributed by atoms with van der Waals surface area (Å²) in [5.74, 6) is -1.04. The van der Waals surface area contributed by atoms with Gasteiger partial charge in [0, 0.05) is 11.8 Å². The Kier molecular flexibility index (Phi) is 6.64. The molecule has 11 heteroatoms. The van der Waals surface area contributed by atoms with Gasteiger partial charge < -0.3 is 19.5 Å². The van der Waals surface area contributed by atoms with Gasteiger partial charge in [-0.1, -0.05) is 12.1 Å². The Labute approximate surface area is 194 Å². The number of hydrogen-bond donors (Lipinski definition) is 2. The van der Waals surface area contributed by atoms with Crippen LogP contribution in [0.3, 0.4) is 0 Å². The zero-order chi connectivity index (χ0) is 24.1. The van der Waals surface area contributed by atoms with Gasteiger partial charge in [0.2, 0.25) is 0 Å². The average Bonchev–Trinajstić information content (AvgIpc) is 2.83. The number of carbonyl (C=O) groups excluding carboxylic acids is 2. The predicted molar refractivity (Wildman–Crippen MR) is 120 cm³/mol. The first kappa shape index (κ1) is 23.1. The Balaban J connectivity index is 1.40. The fourth-order valence-corrected chi connectivity index (χ4v) is 4.17. The Morgan fingerprint density at radius 3 is 2.41 bits per heavy atom. The number of hydrogen-bond acceptors (Lipinski definition) is 7. The number of halogens is 1. The van der Waals surface area contributed by atoms with Crippen LogP contribution >= 0.6 is 0 Å². The molecule has 1 heterocycles. The molecule has 0 aliphatic carbocycles. The van der Waals surface area contributed by atoms with Gasteiger partial charge >= 0.3 is 5.97 Å². The zero-order valence-corrected chi connectivity index (χ0v) is 18.4. The number of nitrogens with one attached hydrogen (secondary N) is 2. The smallest absolute Gasteiger partial charge is 0.340 e. The minimum Gasteiger partial charge on any atom is -0.486 e. The molecule has 0 atom stereocenters. The van der Waals surface area contributed by atoms with Crippen LogP contribution < -0.4 is 19.5 Å². The predicted octanol–water partition coefficient (Wildman–Crippen LogP) is 3.19. The van der Waals surface area contributed by atoms with E-state index in [0.29, 0.717) is 30.4 Å². The number of esters is 1. The lowest BCUT2D eigenvalue weighted by molar-refractivity contribution is -0.119. The van der Waals surface area contributed by atoms with Crippen LogP contribution in [-0.2, 0) is 19.6 Å². The minimum atomic E-state index is -4.09. The highest BCUT2D eigenvalue weighted by atomic mass is 32.2. The van der Waals surface area contributed by atoms with Crippen LogP contribution in [0.25, 0.3) is 0 Å². The van der Waals surface area contributed by atoms with Crippen molar-refractivity contribution in [3.05, 3.63) is 78.1 Å². The second kappa shape index (κ2) is 9.79.